The minimum Gasteiger partial charge on any atom is -0.382 e. The Kier molecular flexibility index (Phi) is 3.26. The van der Waals surface area contributed by atoms with E-state index in [1.807, 2.05) is 0 Å². The van der Waals surface area contributed by atoms with Gasteiger partial charge in [0.25, 0.3) is 5.91 Å². The number of nitrogens with one attached hydrogen (secondary N) is 1. The van der Waals surface area contributed by atoms with Gasteiger partial charge in [0.15, 0.2) is 0 Å². The van der Waals surface area contributed by atoms with Gasteiger partial charge in [-0.25, -0.2) is 9.97 Å². The lowest BCUT2D eigenvalue weighted by Gasteiger charge is -2.34. The third-order valence-corrected chi connectivity index (χ3v) is 3.28. The van der Waals surface area contributed by atoms with E-state index in [0.717, 1.165) is 12.8 Å². The number of hydrogen-bond acceptors (Lipinski definition) is 4. The highest BCUT2D eigenvalue weighted by atomic mass is 16.2. The molecular weight excluding hydrogens is 216 g/mol. The summed E-state index contributed by atoms with van der Waals surface area (Å²) in [5.41, 5.74) is 5.66. The number of nitrogens with two attached hydrogens (primary N) is 1. The first kappa shape index (κ1) is 11.8. The van der Waals surface area contributed by atoms with Gasteiger partial charge in [0, 0.05) is 5.54 Å². The quantitative estimate of drug-likeness (QED) is 0.812. The summed E-state index contributed by atoms with van der Waals surface area (Å²) < 4.78 is 0. The number of hydrogen-bond donors (Lipinski definition) is 2. The van der Waals surface area contributed by atoms with Gasteiger partial charge in [-0.05, 0) is 19.8 Å². The molecule has 17 heavy (non-hydrogen) atoms. The van der Waals surface area contributed by atoms with Crippen molar-refractivity contribution >= 4 is 11.7 Å². The van der Waals surface area contributed by atoms with E-state index in [9.17, 15) is 4.79 Å². The van der Waals surface area contributed by atoms with Crippen molar-refractivity contribution in [3.8, 4) is 0 Å². The van der Waals surface area contributed by atoms with Crippen molar-refractivity contribution in [2.45, 2.75) is 44.6 Å². The van der Waals surface area contributed by atoms with Crippen molar-refractivity contribution in [1.29, 1.82) is 0 Å². The number of amides is 1. The largest absolute Gasteiger partial charge is 0.382 e. The van der Waals surface area contributed by atoms with Gasteiger partial charge in [0.05, 0.1) is 12.4 Å². The molecule has 1 heterocycles. The van der Waals surface area contributed by atoms with E-state index in [1.54, 1.807) is 0 Å². The summed E-state index contributed by atoms with van der Waals surface area (Å²) in [6.45, 7) is 2.09. The zero-order valence-electron chi connectivity index (χ0n) is 10.1. The standard InChI is InChI=1S/C12H18N4O/c1-12(5-3-2-4-6-12)16-11(17)9-7-15-10(13)8-14-9/h7-8H,2-6H2,1H3,(H2,13,15)(H,16,17). The van der Waals surface area contributed by atoms with Crippen LogP contribution in [0.2, 0.25) is 0 Å². The first-order valence-corrected chi connectivity index (χ1v) is 5.99. The monoisotopic (exact) mass is 234 g/mol. The second kappa shape index (κ2) is 4.69. The maximum atomic E-state index is 12.0. The molecule has 0 radical (unpaired) electrons. The maximum Gasteiger partial charge on any atom is 0.271 e. The molecule has 0 aliphatic heterocycles. The predicted octanol–water partition coefficient (Wildman–Crippen LogP) is 1.51. The van der Waals surface area contributed by atoms with Crippen LogP contribution in [0.4, 0.5) is 5.82 Å². The highest BCUT2D eigenvalue weighted by molar-refractivity contribution is 5.92. The van der Waals surface area contributed by atoms with Crippen LogP contribution in [0.25, 0.3) is 0 Å². The fourth-order valence-electron chi connectivity index (χ4n) is 2.25. The van der Waals surface area contributed by atoms with Crippen molar-refractivity contribution in [3.63, 3.8) is 0 Å². The molecule has 0 saturated heterocycles. The maximum absolute atomic E-state index is 12.0. The molecule has 0 atom stereocenters. The molecule has 1 fully saturated rings. The summed E-state index contributed by atoms with van der Waals surface area (Å²) in [5.74, 6) is 0.160. The summed E-state index contributed by atoms with van der Waals surface area (Å²) >= 11 is 0. The average Bonchev–Trinajstić information content (AvgIpc) is 2.30. The Morgan fingerprint density at radius 3 is 2.59 bits per heavy atom. The summed E-state index contributed by atoms with van der Waals surface area (Å²) in [6, 6.07) is 0. The number of carbonyl (C=O) groups excluding carboxylic acids is 1. The van der Waals surface area contributed by atoms with Crippen LogP contribution in [-0.2, 0) is 0 Å². The Balaban J connectivity index is 2.03. The van der Waals surface area contributed by atoms with E-state index in [4.69, 9.17) is 5.73 Å². The Bertz CT molecular complexity index is 395. The van der Waals surface area contributed by atoms with Crippen molar-refractivity contribution < 1.29 is 4.79 Å². The van der Waals surface area contributed by atoms with Gasteiger partial charge in [0.1, 0.15) is 11.5 Å². The number of anilines is 1. The van der Waals surface area contributed by atoms with E-state index in [1.165, 1.54) is 31.7 Å². The van der Waals surface area contributed by atoms with Crippen LogP contribution < -0.4 is 11.1 Å². The highest BCUT2D eigenvalue weighted by Crippen LogP contribution is 2.27. The minimum atomic E-state index is -0.165. The number of rotatable bonds is 2. The average molecular weight is 234 g/mol. The third kappa shape index (κ3) is 2.93. The number of nitrogen functional groups attached to an aromatic ring is 1. The molecule has 1 saturated carbocycles. The van der Waals surface area contributed by atoms with Gasteiger partial charge in [-0.1, -0.05) is 19.3 Å². The number of carbonyl (C=O) groups is 1. The van der Waals surface area contributed by atoms with Gasteiger partial charge < -0.3 is 11.1 Å². The van der Waals surface area contributed by atoms with E-state index < -0.39 is 0 Å². The van der Waals surface area contributed by atoms with Crippen LogP contribution >= 0.6 is 0 Å². The number of aromatic nitrogens is 2. The number of nitrogens with zero attached hydrogens (tertiary/aromatic N) is 2. The molecule has 0 spiro atoms. The molecule has 1 aromatic rings. The molecule has 5 nitrogen and oxygen atoms in total. The highest BCUT2D eigenvalue weighted by Gasteiger charge is 2.29. The molecule has 5 heteroatoms. The van der Waals surface area contributed by atoms with E-state index >= 15 is 0 Å². The van der Waals surface area contributed by atoms with Crippen molar-refractivity contribution in [2.75, 3.05) is 5.73 Å². The van der Waals surface area contributed by atoms with Crippen LogP contribution in [0.15, 0.2) is 12.4 Å². The molecule has 3 N–H and O–H groups in total. The van der Waals surface area contributed by atoms with Gasteiger partial charge in [-0.3, -0.25) is 4.79 Å². The van der Waals surface area contributed by atoms with Gasteiger partial charge in [-0.2, -0.15) is 0 Å². The molecule has 0 aromatic carbocycles. The van der Waals surface area contributed by atoms with Crippen LogP contribution in [0.3, 0.4) is 0 Å². The van der Waals surface area contributed by atoms with Crippen LogP contribution in [0.5, 0.6) is 0 Å². The Labute approximate surface area is 101 Å². The molecule has 1 amide bonds. The summed E-state index contributed by atoms with van der Waals surface area (Å²) in [6.07, 6.45) is 8.47. The zero-order valence-corrected chi connectivity index (χ0v) is 10.1. The lowest BCUT2D eigenvalue weighted by atomic mass is 9.83. The second-order valence-electron chi connectivity index (χ2n) is 4.90. The molecule has 92 valence electrons. The first-order valence-electron chi connectivity index (χ1n) is 5.99. The molecule has 0 unspecified atom stereocenters. The normalized spacial score (nSPS) is 18.6. The van der Waals surface area contributed by atoms with Crippen LogP contribution in [0.1, 0.15) is 49.5 Å². The van der Waals surface area contributed by atoms with Crippen LogP contribution in [0, 0.1) is 0 Å². The topological polar surface area (TPSA) is 80.9 Å². The molecular formula is C12H18N4O. The molecule has 2 rings (SSSR count). The molecule has 1 aliphatic carbocycles. The van der Waals surface area contributed by atoms with Gasteiger partial charge >= 0.3 is 0 Å². The lowest BCUT2D eigenvalue weighted by Crippen LogP contribution is -2.47. The lowest BCUT2D eigenvalue weighted by molar-refractivity contribution is 0.0877. The molecule has 0 bridgehead atoms. The van der Waals surface area contributed by atoms with Crippen LogP contribution in [-0.4, -0.2) is 21.4 Å². The fraction of sp³-hybridized carbons (Fsp3) is 0.583. The zero-order chi connectivity index (χ0) is 12.3. The minimum absolute atomic E-state index is 0.0988. The van der Waals surface area contributed by atoms with E-state index in [-0.39, 0.29) is 11.4 Å². The van der Waals surface area contributed by atoms with Gasteiger partial charge in [0.2, 0.25) is 0 Å². The summed E-state index contributed by atoms with van der Waals surface area (Å²) in [5, 5.41) is 3.05. The fourth-order valence-corrected chi connectivity index (χ4v) is 2.25. The molecule has 1 aromatic heterocycles. The smallest absolute Gasteiger partial charge is 0.271 e. The Morgan fingerprint density at radius 1 is 1.29 bits per heavy atom. The van der Waals surface area contributed by atoms with E-state index in [2.05, 4.69) is 22.2 Å². The van der Waals surface area contributed by atoms with E-state index in [0.29, 0.717) is 11.5 Å². The second-order valence-corrected chi connectivity index (χ2v) is 4.90. The summed E-state index contributed by atoms with van der Waals surface area (Å²) in [4.78, 5) is 19.8. The van der Waals surface area contributed by atoms with Crippen molar-refractivity contribution in [3.05, 3.63) is 18.1 Å². The van der Waals surface area contributed by atoms with Crippen molar-refractivity contribution in [2.24, 2.45) is 0 Å². The SMILES string of the molecule is CC1(NC(=O)c2cnc(N)cn2)CCCCC1. The third-order valence-electron chi connectivity index (χ3n) is 3.28. The molecule has 1 aliphatic rings. The first-order chi connectivity index (χ1) is 8.09. The predicted molar refractivity (Wildman–Crippen MR) is 65.4 cm³/mol. The van der Waals surface area contributed by atoms with Gasteiger partial charge in [-0.15, -0.1) is 0 Å². The van der Waals surface area contributed by atoms with Crippen molar-refractivity contribution in [1.82, 2.24) is 15.3 Å². The Hall–Kier alpha value is -1.65. The Morgan fingerprint density at radius 2 is 2.00 bits per heavy atom. The summed E-state index contributed by atoms with van der Waals surface area (Å²) in [7, 11) is 0.